The predicted molar refractivity (Wildman–Crippen MR) is 110 cm³/mol. The Morgan fingerprint density at radius 1 is 1.19 bits per heavy atom. The molecule has 0 bridgehead atoms. The second-order valence-corrected chi connectivity index (χ2v) is 7.76. The van der Waals surface area contributed by atoms with E-state index in [0.717, 1.165) is 37.2 Å². The molecule has 6 heteroatoms. The van der Waals surface area contributed by atoms with Crippen molar-refractivity contribution in [3.63, 3.8) is 0 Å². The number of carbonyl (C=O) groups excluding carboxylic acids is 1. The molecule has 1 N–H and O–H groups in total. The molecule has 4 nitrogen and oxygen atoms in total. The maximum absolute atomic E-state index is 14.5. The summed E-state index contributed by atoms with van der Waals surface area (Å²) in [5.41, 5.74) is 3.21. The Hall–Kier alpha value is -2.60. The fraction of sp³-hybridized carbons (Fsp3) is 0.238. The molecule has 2 fully saturated rings. The molecule has 1 amide bonds. The molecule has 27 heavy (non-hydrogen) atoms. The van der Waals surface area contributed by atoms with Gasteiger partial charge in [-0.3, -0.25) is 4.79 Å². The lowest BCUT2D eigenvalue weighted by Gasteiger charge is -2.18. The van der Waals surface area contributed by atoms with Gasteiger partial charge in [-0.15, -0.1) is 0 Å². The Balaban J connectivity index is 1.54. The van der Waals surface area contributed by atoms with Crippen molar-refractivity contribution in [2.75, 3.05) is 18.0 Å². The first-order chi connectivity index (χ1) is 13.1. The molecule has 0 radical (unpaired) electrons. The highest BCUT2D eigenvalue weighted by atomic mass is 32.2. The molecule has 0 spiro atoms. The van der Waals surface area contributed by atoms with Gasteiger partial charge in [0, 0.05) is 13.1 Å². The minimum atomic E-state index is -0.247. The third kappa shape index (κ3) is 4.06. The fourth-order valence-electron chi connectivity index (χ4n) is 3.27. The number of hydrogen-bond acceptors (Lipinski definition) is 4. The number of hydrogen-bond donors (Lipinski definition) is 1. The summed E-state index contributed by atoms with van der Waals surface area (Å²) >= 11 is 1.27. The molecule has 2 saturated heterocycles. The summed E-state index contributed by atoms with van der Waals surface area (Å²) in [6.07, 6.45) is 3.91. The number of amides is 1. The van der Waals surface area contributed by atoms with E-state index in [4.69, 9.17) is 0 Å². The average Bonchev–Trinajstić information content (AvgIpc) is 3.26. The number of benzene rings is 2. The molecule has 2 aliphatic heterocycles. The SMILES string of the molecule is Cc1cccc(N=C2NC(=O)/C(=C/c3ccc(N4CCCC4)c(F)c3)S2)c1. The zero-order valence-electron chi connectivity index (χ0n) is 15.0. The number of nitrogens with zero attached hydrogens (tertiary/aromatic N) is 2. The van der Waals surface area contributed by atoms with Gasteiger partial charge in [-0.1, -0.05) is 18.2 Å². The van der Waals surface area contributed by atoms with Crippen LogP contribution in [0.4, 0.5) is 15.8 Å². The van der Waals surface area contributed by atoms with Gasteiger partial charge < -0.3 is 10.2 Å². The van der Waals surface area contributed by atoms with Crippen molar-refractivity contribution >= 4 is 40.3 Å². The van der Waals surface area contributed by atoms with Crippen LogP contribution in [-0.2, 0) is 4.79 Å². The van der Waals surface area contributed by atoms with Gasteiger partial charge in [0.05, 0.1) is 16.3 Å². The second-order valence-electron chi connectivity index (χ2n) is 6.73. The van der Waals surface area contributed by atoms with Gasteiger partial charge in [-0.05, 0) is 73.0 Å². The van der Waals surface area contributed by atoms with E-state index < -0.39 is 0 Å². The second kappa shape index (κ2) is 7.56. The van der Waals surface area contributed by atoms with E-state index in [0.29, 0.717) is 21.3 Å². The standard InChI is InChI=1S/C21H20FN3OS/c1-14-5-4-6-16(11-14)23-21-24-20(26)19(27-21)13-15-7-8-18(17(22)12-15)25-9-2-3-10-25/h4-8,11-13H,2-3,9-10H2,1H3,(H,23,24,26)/b19-13-. The highest BCUT2D eigenvalue weighted by molar-refractivity contribution is 8.18. The summed E-state index contributed by atoms with van der Waals surface area (Å²) < 4.78 is 14.5. The van der Waals surface area contributed by atoms with Crippen LogP contribution in [-0.4, -0.2) is 24.2 Å². The van der Waals surface area contributed by atoms with E-state index in [1.807, 2.05) is 37.3 Å². The number of halogens is 1. The minimum Gasteiger partial charge on any atom is -0.369 e. The van der Waals surface area contributed by atoms with Crippen molar-refractivity contribution in [3.05, 3.63) is 64.3 Å². The van der Waals surface area contributed by atoms with E-state index in [1.54, 1.807) is 12.1 Å². The first-order valence-corrected chi connectivity index (χ1v) is 9.81. The Morgan fingerprint density at radius 3 is 2.74 bits per heavy atom. The fourth-order valence-corrected chi connectivity index (χ4v) is 4.12. The molecule has 0 atom stereocenters. The quantitative estimate of drug-likeness (QED) is 0.789. The first-order valence-electron chi connectivity index (χ1n) is 8.99. The summed E-state index contributed by atoms with van der Waals surface area (Å²) in [6.45, 7) is 3.79. The topological polar surface area (TPSA) is 44.7 Å². The van der Waals surface area contributed by atoms with E-state index in [9.17, 15) is 9.18 Å². The van der Waals surface area contributed by atoms with E-state index in [-0.39, 0.29) is 11.7 Å². The van der Waals surface area contributed by atoms with E-state index in [1.165, 1.54) is 17.8 Å². The number of aliphatic imine (C=N–C) groups is 1. The van der Waals surface area contributed by atoms with Crippen molar-refractivity contribution in [1.29, 1.82) is 0 Å². The van der Waals surface area contributed by atoms with Gasteiger partial charge in [0.2, 0.25) is 0 Å². The zero-order chi connectivity index (χ0) is 18.8. The van der Waals surface area contributed by atoms with Gasteiger partial charge in [-0.2, -0.15) is 0 Å². The summed E-state index contributed by atoms with van der Waals surface area (Å²) in [5, 5.41) is 3.30. The Labute approximate surface area is 162 Å². The smallest absolute Gasteiger partial charge is 0.264 e. The lowest BCUT2D eigenvalue weighted by Crippen LogP contribution is -2.19. The summed E-state index contributed by atoms with van der Waals surface area (Å²) in [5.74, 6) is -0.460. The zero-order valence-corrected chi connectivity index (χ0v) is 15.9. The molecule has 2 heterocycles. The number of nitrogens with one attached hydrogen (secondary N) is 1. The minimum absolute atomic E-state index is 0.213. The maximum atomic E-state index is 14.5. The van der Waals surface area contributed by atoms with Crippen LogP contribution in [0.2, 0.25) is 0 Å². The van der Waals surface area contributed by atoms with Gasteiger partial charge in [0.25, 0.3) is 5.91 Å². The molecular weight excluding hydrogens is 361 g/mol. The monoisotopic (exact) mass is 381 g/mol. The number of carbonyl (C=O) groups is 1. The van der Waals surface area contributed by atoms with Crippen LogP contribution in [0, 0.1) is 12.7 Å². The Bertz CT molecular complexity index is 948. The molecule has 2 aromatic rings. The highest BCUT2D eigenvalue weighted by Crippen LogP contribution is 2.30. The van der Waals surface area contributed by atoms with Crippen LogP contribution in [0.25, 0.3) is 6.08 Å². The van der Waals surface area contributed by atoms with Crippen molar-refractivity contribution in [2.24, 2.45) is 4.99 Å². The van der Waals surface area contributed by atoms with Crippen molar-refractivity contribution in [1.82, 2.24) is 5.32 Å². The third-order valence-electron chi connectivity index (χ3n) is 4.60. The van der Waals surface area contributed by atoms with Gasteiger partial charge in [0.15, 0.2) is 5.17 Å². The number of thioether (sulfide) groups is 1. The van der Waals surface area contributed by atoms with E-state index in [2.05, 4.69) is 15.2 Å². The normalized spacial score (nSPS) is 19.9. The summed E-state index contributed by atoms with van der Waals surface area (Å²) in [7, 11) is 0. The largest absolute Gasteiger partial charge is 0.369 e. The number of aryl methyl sites for hydroxylation is 1. The lowest BCUT2D eigenvalue weighted by molar-refractivity contribution is -0.115. The Morgan fingerprint density at radius 2 is 2.00 bits per heavy atom. The molecule has 0 unspecified atom stereocenters. The average molecular weight is 381 g/mol. The molecule has 0 saturated carbocycles. The van der Waals surface area contributed by atoms with Gasteiger partial charge >= 0.3 is 0 Å². The van der Waals surface area contributed by atoms with E-state index >= 15 is 0 Å². The highest BCUT2D eigenvalue weighted by Gasteiger charge is 2.24. The van der Waals surface area contributed by atoms with Crippen LogP contribution in [0.15, 0.2) is 52.4 Å². The molecule has 2 aliphatic rings. The number of amidine groups is 1. The van der Waals surface area contributed by atoms with Crippen LogP contribution >= 0.6 is 11.8 Å². The molecule has 0 aliphatic carbocycles. The lowest BCUT2D eigenvalue weighted by atomic mass is 10.1. The van der Waals surface area contributed by atoms with Gasteiger partial charge in [0.1, 0.15) is 5.82 Å². The van der Waals surface area contributed by atoms with Crippen molar-refractivity contribution in [3.8, 4) is 0 Å². The van der Waals surface area contributed by atoms with Gasteiger partial charge in [-0.25, -0.2) is 9.38 Å². The Kier molecular flexibility index (Phi) is 4.99. The molecule has 138 valence electrons. The first kappa shape index (κ1) is 17.8. The molecular formula is C21H20FN3OS. The van der Waals surface area contributed by atoms with Crippen LogP contribution in [0.1, 0.15) is 24.0 Å². The third-order valence-corrected chi connectivity index (χ3v) is 5.51. The number of rotatable bonds is 3. The molecule has 2 aromatic carbocycles. The summed E-state index contributed by atoms with van der Waals surface area (Å²) in [6, 6.07) is 12.9. The van der Waals surface area contributed by atoms with Crippen molar-refractivity contribution in [2.45, 2.75) is 19.8 Å². The number of anilines is 1. The maximum Gasteiger partial charge on any atom is 0.264 e. The molecule has 0 aromatic heterocycles. The van der Waals surface area contributed by atoms with Crippen LogP contribution in [0.5, 0.6) is 0 Å². The van der Waals surface area contributed by atoms with Crippen LogP contribution < -0.4 is 10.2 Å². The summed E-state index contributed by atoms with van der Waals surface area (Å²) in [4.78, 5) is 19.3. The predicted octanol–water partition coefficient (Wildman–Crippen LogP) is 4.63. The van der Waals surface area contributed by atoms with Crippen molar-refractivity contribution < 1.29 is 9.18 Å². The van der Waals surface area contributed by atoms with Crippen LogP contribution in [0.3, 0.4) is 0 Å². The molecule has 4 rings (SSSR count).